The van der Waals surface area contributed by atoms with Gasteiger partial charge in [-0.1, -0.05) is 6.92 Å². The Morgan fingerprint density at radius 3 is 2.74 bits per heavy atom. The largest absolute Gasteiger partial charge is 0.484 e. The molecule has 1 amide bonds. The Balaban J connectivity index is 1.76. The molecule has 2 heterocycles. The quantitative estimate of drug-likeness (QED) is 0.852. The van der Waals surface area contributed by atoms with Crippen LogP contribution in [0, 0.1) is 5.92 Å². The highest BCUT2D eigenvalue weighted by Crippen LogP contribution is 2.38. The van der Waals surface area contributed by atoms with Gasteiger partial charge in [0.05, 0.1) is 18.8 Å². The fourth-order valence-corrected chi connectivity index (χ4v) is 3.41. The summed E-state index contributed by atoms with van der Waals surface area (Å²) in [5.41, 5.74) is 7.17. The molecule has 0 aromatic heterocycles. The van der Waals surface area contributed by atoms with E-state index in [0.29, 0.717) is 18.8 Å². The van der Waals surface area contributed by atoms with E-state index in [0.717, 1.165) is 43.3 Å². The van der Waals surface area contributed by atoms with Crippen LogP contribution in [0.5, 0.6) is 5.75 Å². The first-order valence-corrected chi connectivity index (χ1v) is 8.45. The number of rotatable bonds is 2. The number of hydrogen-bond donors (Lipinski definition) is 1. The molecule has 0 bridgehead atoms. The number of anilines is 2. The second kappa shape index (κ2) is 5.95. The van der Waals surface area contributed by atoms with Crippen molar-refractivity contribution < 1.29 is 9.53 Å². The van der Waals surface area contributed by atoms with E-state index >= 15 is 0 Å². The lowest BCUT2D eigenvalue weighted by atomic mass is 9.99. The monoisotopic (exact) mass is 317 g/mol. The number of fused-ring (bicyclic) bond motifs is 1. The number of hydrogen-bond acceptors (Lipinski definition) is 4. The molecule has 0 atom stereocenters. The van der Waals surface area contributed by atoms with E-state index in [2.05, 4.69) is 11.8 Å². The molecule has 1 saturated heterocycles. The van der Waals surface area contributed by atoms with E-state index in [-0.39, 0.29) is 11.5 Å². The summed E-state index contributed by atoms with van der Waals surface area (Å²) in [5.74, 6) is 1.70. The first-order valence-electron chi connectivity index (χ1n) is 8.45. The molecule has 126 valence electrons. The molecule has 0 aliphatic carbocycles. The second-order valence-electron chi connectivity index (χ2n) is 7.51. The molecule has 23 heavy (non-hydrogen) atoms. The molecule has 1 aromatic carbocycles. The molecular formula is C18H27N3O2. The van der Waals surface area contributed by atoms with E-state index in [1.165, 1.54) is 0 Å². The number of benzene rings is 1. The van der Waals surface area contributed by atoms with Gasteiger partial charge in [-0.05, 0) is 44.7 Å². The molecule has 2 aliphatic heterocycles. The third kappa shape index (κ3) is 3.54. The zero-order valence-corrected chi connectivity index (χ0v) is 14.3. The van der Waals surface area contributed by atoms with Gasteiger partial charge in [0.15, 0.2) is 0 Å². The van der Waals surface area contributed by atoms with Crippen LogP contribution in [0.3, 0.4) is 0 Å². The van der Waals surface area contributed by atoms with Gasteiger partial charge in [0, 0.05) is 24.8 Å². The van der Waals surface area contributed by atoms with Crippen molar-refractivity contribution in [3.8, 4) is 5.75 Å². The summed E-state index contributed by atoms with van der Waals surface area (Å²) in [5, 5.41) is 0. The van der Waals surface area contributed by atoms with Crippen molar-refractivity contribution in [1.82, 2.24) is 4.90 Å². The Labute approximate surface area is 138 Å². The van der Waals surface area contributed by atoms with E-state index in [4.69, 9.17) is 10.5 Å². The maximum absolute atomic E-state index is 12.7. The number of carbonyl (C=O) groups is 1. The summed E-state index contributed by atoms with van der Waals surface area (Å²) < 4.78 is 6.02. The van der Waals surface area contributed by atoms with Crippen LogP contribution in [0.4, 0.5) is 11.4 Å². The lowest BCUT2D eigenvalue weighted by Gasteiger charge is -2.41. The summed E-state index contributed by atoms with van der Waals surface area (Å²) in [6.45, 7) is 9.19. The third-order valence-electron chi connectivity index (χ3n) is 4.74. The molecule has 0 radical (unpaired) electrons. The topological polar surface area (TPSA) is 58.8 Å². The van der Waals surface area contributed by atoms with Crippen molar-refractivity contribution in [2.24, 2.45) is 5.92 Å². The number of likely N-dealkylation sites (tertiary alicyclic amines) is 1. The molecule has 5 heteroatoms. The molecule has 1 aromatic rings. The maximum atomic E-state index is 12.7. The highest BCUT2D eigenvalue weighted by Gasteiger charge is 2.33. The van der Waals surface area contributed by atoms with Crippen molar-refractivity contribution in [1.29, 1.82) is 0 Å². The number of nitrogen functional groups attached to an aromatic ring is 1. The SMILES string of the molecule is CC1CCN(C(=O)CN2CC(C)(C)Oc3cc(N)ccc32)CC1. The number of ether oxygens (including phenoxy) is 1. The first kappa shape index (κ1) is 16.0. The Kier molecular flexibility index (Phi) is 4.13. The van der Waals surface area contributed by atoms with Crippen LogP contribution in [0.25, 0.3) is 0 Å². The molecule has 0 unspecified atom stereocenters. The van der Waals surface area contributed by atoms with E-state index in [1.54, 1.807) is 0 Å². The molecule has 2 aliphatic rings. The Bertz CT molecular complexity index is 592. The zero-order valence-electron chi connectivity index (χ0n) is 14.3. The van der Waals surface area contributed by atoms with Gasteiger partial charge in [0.1, 0.15) is 11.4 Å². The van der Waals surface area contributed by atoms with Crippen LogP contribution in [0.1, 0.15) is 33.6 Å². The van der Waals surface area contributed by atoms with Gasteiger partial charge in [0.2, 0.25) is 5.91 Å². The molecule has 0 spiro atoms. The maximum Gasteiger partial charge on any atom is 0.242 e. The van der Waals surface area contributed by atoms with E-state index in [9.17, 15) is 4.79 Å². The summed E-state index contributed by atoms with van der Waals surface area (Å²) in [4.78, 5) is 16.8. The summed E-state index contributed by atoms with van der Waals surface area (Å²) in [6, 6.07) is 5.66. The molecule has 3 rings (SSSR count). The van der Waals surface area contributed by atoms with Gasteiger partial charge in [-0.3, -0.25) is 4.79 Å². The fourth-order valence-electron chi connectivity index (χ4n) is 3.41. The molecular weight excluding hydrogens is 290 g/mol. The number of carbonyl (C=O) groups excluding carboxylic acids is 1. The van der Waals surface area contributed by atoms with Crippen LogP contribution in [-0.4, -0.2) is 42.6 Å². The molecule has 1 fully saturated rings. The predicted molar refractivity (Wildman–Crippen MR) is 92.8 cm³/mol. The number of nitrogens with zero attached hydrogens (tertiary/aromatic N) is 2. The van der Waals surface area contributed by atoms with E-state index in [1.807, 2.05) is 36.9 Å². The lowest BCUT2D eigenvalue weighted by molar-refractivity contribution is -0.131. The second-order valence-corrected chi connectivity index (χ2v) is 7.51. The molecule has 2 N–H and O–H groups in total. The van der Waals surface area contributed by atoms with Gasteiger partial charge in [-0.2, -0.15) is 0 Å². The Hall–Kier alpha value is -1.91. The first-order chi connectivity index (χ1) is 10.8. The lowest BCUT2D eigenvalue weighted by Crippen LogP contribution is -2.51. The van der Waals surface area contributed by atoms with Gasteiger partial charge in [-0.15, -0.1) is 0 Å². The summed E-state index contributed by atoms with van der Waals surface area (Å²) in [6.07, 6.45) is 2.21. The minimum atomic E-state index is -0.336. The van der Waals surface area contributed by atoms with Gasteiger partial charge < -0.3 is 20.3 Å². The molecule has 0 saturated carbocycles. The minimum Gasteiger partial charge on any atom is -0.484 e. The van der Waals surface area contributed by atoms with Gasteiger partial charge >= 0.3 is 0 Å². The Morgan fingerprint density at radius 1 is 1.35 bits per heavy atom. The highest BCUT2D eigenvalue weighted by atomic mass is 16.5. The zero-order chi connectivity index (χ0) is 16.6. The third-order valence-corrected chi connectivity index (χ3v) is 4.74. The highest BCUT2D eigenvalue weighted by molar-refractivity contribution is 5.83. The fraction of sp³-hybridized carbons (Fsp3) is 0.611. The normalized spacial score (nSPS) is 20.8. The van der Waals surface area contributed by atoms with Crippen LogP contribution in [0.15, 0.2) is 18.2 Å². The van der Waals surface area contributed by atoms with Crippen molar-refractivity contribution >= 4 is 17.3 Å². The number of amides is 1. The van der Waals surface area contributed by atoms with Crippen LogP contribution in [0.2, 0.25) is 0 Å². The summed E-state index contributed by atoms with van der Waals surface area (Å²) in [7, 11) is 0. The van der Waals surface area contributed by atoms with Crippen LogP contribution >= 0.6 is 0 Å². The minimum absolute atomic E-state index is 0.206. The predicted octanol–water partition coefficient (Wildman–Crippen LogP) is 2.50. The smallest absolute Gasteiger partial charge is 0.242 e. The van der Waals surface area contributed by atoms with Crippen molar-refractivity contribution in [3.63, 3.8) is 0 Å². The number of nitrogens with two attached hydrogens (primary N) is 1. The van der Waals surface area contributed by atoms with Gasteiger partial charge in [-0.25, -0.2) is 0 Å². The van der Waals surface area contributed by atoms with Gasteiger partial charge in [0.25, 0.3) is 0 Å². The van der Waals surface area contributed by atoms with Crippen LogP contribution in [-0.2, 0) is 4.79 Å². The average Bonchev–Trinajstić information content (AvgIpc) is 2.46. The molecule has 5 nitrogen and oxygen atoms in total. The van der Waals surface area contributed by atoms with Crippen molar-refractivity contribution in [2.75, 3.05) is 36.8 Å². The number of piperidine rings is 1. The van der Waals surface area contributed by atoms with E-state index < -0.39 is 0 Å². The van der Waals surface area contributed by atoms with Crippen LogP contribution < -0.4 is 15.4 Å². The summed E-state index contributed by atoms with van der Waals surface area (Å²) >= 11 is 0. The average molecular weight is 317 g/mol. The van der Waals surface area contributed by atoms with Crippen molar-refractivity contribution in [3.05, 3.63) is 18.2 Å². The Morgan fingerprint density at radius 2 is 2.04 bits per heavy atom. The van der Waals surface area contributed by atoms with Crippen molar-refractivity contribution in [2.45, 2.75) is 39.2 Å². The standard InChI is InChI=1S/C18H27N3O2/c1-13-6-8-20(9-7-13)17(22)11-21-12-18(2,3)23-16-10-14(19)4-5-15(16)21/h4-5,10,13H,6-9,11-12,19H2,1-3H3.